The first-order chi connectivity index (χ1) is 11.0. The third-order valence-corrected chi connectivity index (χ3v) is 3.81. The number of carbonyl (C=O) groups excluding carboxylic acids is 1. The Balaban J connectivity index is 2.32. The summed E-state index contributed by atoms with van der Waals surface area (Å²) >= 11 is 0. The van der Waals surface area contributed by atoms with E-state index in [1.54, 1.807) is 25.1 Å². The molecule has 0 bridgehead atoms. The highest BCUT2D eigenvalue weighted by molar-refractivity contribution is 5.74. The largest absolute Gasteiger partial charge is 0.506 e. The number of para-hydroxylation sites is 2. The Morgan fingerprint density at radius 3 is 2.43 bits per heavy atom. The maximum Gasteiger partial charge on any atom is 0.311 e. The minimum absolute atomic E-state index is 0.153. The van der Waals surface area contributed by atoms with Gasteiger partial charge >= 0.3 is 5.97 Å². The van der Waals surface area contributed by atoms with Gasteiger partial charge in [0.15, 0.2) is 0 Å². The molecule has 0 saturated carbocycles. The molecule has 0 amide bonds. The van der Waals surface area contributed by atoms with Crippen molar-refractivity contribution in [2.45, 2.75) is 26.8 Å². The topological polar surface area (TPSA) is 58.6 Å². The van der Waals surface area contributed by atoms with Gasteiger partial charge in [-0.2, -0.15) is 0 Å². The van der Waals surface area contributed by atoms with E-state index in [0.717, 1.165) is 11.1 Å². The van der Waals surface area contributed by atoms with Gasteiger partial charge in [-0.05, 0) is 38.5 Å². The number of phenols is 1. The number of nitrogens with one attached hydrogen (secondary N) is 1. The van der Waals surface area contributed by atoms with E-state index in [9.17, 15) is 9.90 Å². The van der Waals surface area contributed by atoms with Gasteiger partial charge in [0.2, 0.25) is 0 Å². The van der Waals surface area contributed by atoms with Crippen LogP contribution in [0.2, 0.25) is 0 Å². The van der Waals surface area contributed by atoms with Crippen molar-refractivity contribution in [3.8, 4) is 5.75 Å². The zero-order valence-electron chi connectivity index (χ0n) is 13.7. The molecule has 0 saturated heterocycles. The van der Waals surface area contributed by atoms with Crippen LogP contribution in [0.1, 0.15) is 31.0 Å². The SMILES string of the molecule is CCOC(=O)[C@H](C)[C@@H](Nc1ccccc1O)c1ccc(C)cc1. The first-order valence-electron chi connectivity index (χ1n) is 7.80. The maximum absolute atomic E-state index is 12.2. The van der Waals surface area contributed by atoms with E-state index >= 15 is 0 Å². The molecular formula is C19H23NO3. The van der Waals surface area contributed by atoms with Gasteiger partial charge < -0.3 is 15.2 Å². The van der Waals surface area contributed by atoms with Gasteiger partial charge in [-0.1, -0.05) is 42.0 Å². The van der Waals surface area contributed by atoms with Crippen LogP contribution >= 0.6 is 0 Å². The number of ether oxygens (including phenoxy) is 1. The fourth-order valence-electron chi connectivity index (χ4n) is 2.44. The molecule has 23 heavy (non-hydrogen) atoms. The second-order valence-corrected chi connectivity index (χ2v) is 5.59. The molecule has 2 aromatic rings. The van der Waals surface area contributed by atoms with Gasteiger partial charge in [-0.15, -0.1) is 0 Å². The molecule has 0 aliphatic heterocycles. The Morgan fingerprint density at radius 2 is 1.83 bits per heavy atom. The van der Waals surface area contributed by atoms with E-state index in [4.69, 9.17) is 4.74 Å². The molecule has 0 fully saturated rings. The molecule has 2 aromatic carbocycles. The number of hydrogen-bond acceptors (Lipinski definition) is 4. The van der Waals surface area contributed by atoms with Gasteiger partial charge in [0, 0.05) is 0 Å². The molecule has 0 aromatic heterocycles. The standard InChI is InChI=1S/C19H23NO3/c1-4-23-19(22)14(3)18(15-11-9-13(2)10-12-15)20-16-7-5-6-8-17(16)21/h5-12,14,18,20-21H,4H2,1-3H3/t14-,18-/m1/s1. The molecule has 4 heteroatoms. The van der Waals surface area contributed by atoms with Crippen molar-refractivity contribution in [1.29, 1.82) is 0 Å². The van der Waals surface area contributed by atoms with Gasteiger partial charge in [-0.3, -0.25) is 4.79 Å². The van der Waals surface area contributed by atoms with Gasteiger partial charge in [0.25, 0.3) is 0 Å². The summed E-state index contributed by atoms with van der Waals surface area (Å²) in [5.41, 5.74) is 2.72. The van der Waals surface area contributed by atoms with Gasteiger partial charge in [0.05, 0.1) is 24.3 Å². The molecule has 2 atom stereocenters. The lowest BCUT2D eigenvalue weighted by molar-refractivity contribution is -0.147. The average Bonchev–Trinajstić information content (AvgIpc) is 2.55. The first kappa shape index (κ1) is 16.9. The lowest BCUT2D eigenvalue weighted by Gasteiger charge is -2.26. The Labute approximate surface area is 137 Å². The number of esters is 1. The van der Waals surface area contributed by atoms with Crippen molar-refractivity contribution in [1.82, 2.24) is 0 Å². The van der Waals surface area contributed by atoms with Crippen LogP contribution < -0.4 is 5.32 Å². The Kier molecular flexibility index (Phi) is 5.63. The van der Waals surface area contributed by atoms with Crippen LogP contribution in [0.25, 0.3) is 0 Å². The number of aromatic hydroxyl groups is 1. The summed E-state index contributed by atoms with van der Waals surface area (Å²) < 4.78 is 5.16. The third-order valence-electron chi connectivity index (χ3n) is 3.81. The van der Waals surface area contributed by atoms with Crippen LogP contribution in [0.4, 0.5) is 5.69 Å². The summed E-state index contributed by atoms with van der Waals surface area (Å²) in [6.45, 7) is 5.99. The highest BCUT2D eigenvalue weighted by atomic mass is 16.5. The fraction of sp³-hybridized carbons (Fsp3) is 0.316. The maximum atomic E-state index is 12.2. The lowest BCUT2D eigenvalue weighted by atomic mass is 9.93. The summed E-state index contributed by atoms with van der Waals surface area (Å²) in [5, 5.41) is 13.3. The normalized spacial score (nSPS) is 13.2. The molecule has 0 radical (unpaired) electrons. The fourth-order valence-corrected chi connectivity index (χ4v) is 2.44. The smallest absolute Gasteiger partial charge is 0.311 e. The van der Waals surface area contributed by atoms with Crippen molar-refractivity contribution in [2.24, 2.45) is 5.92 Å². The summed E-state index contributed by atoms with van der Waals surface area (Å²) in [5.74, 6) is -0.501. The lowest BCUT2D eigenvalue weighted by Crippen LogP contribution is -2.27. The average molecular weight is 313 g/mol. The van der Waals surface area contributed by atoms with E-state index in [-0.39, 0.29) is 17.8 Å². The van der Waals surface area contributed by atoms with E-state index < -0.39 is 5.92 Å². The monoisotopic (exact) mass is 313 g/mol. The summed E-state index contributed by atoms with van der Waals surface area (Å²) in [6.07, 6.45) is 0. The van der Waals surface area contributed by atoms with E-state index in [0.29, 0.717) is 12.3 Å². The number of anilines is 1. The molecule has 0 aliphatic carbocycles. The van der Waals surface area contributed by atoms with Crippen molar-refractivity contribution in [3.63, 3.8) is 0 Å². The van der Waals surface area contributed by atoms with Crippen LogP contribution in [0.5, 0.6) is 5.75 Å². The van der Waals surface area contributed by atoms with Crippen LogP contribution in [-0.2, 0) is 9.53 Å². The zero-order valence-corrected chi connectivity index (χ0v) is 13.7. The number of carbonyl (C=O) groups is 1. The van der Waals surface area contributed by atoms with Crippen LogP contribution in [-0.4, -0.2) is 17.7 Å². The number of hydrogen-bond donors (Lipinski definition) is 2. The number of phenolic OH excluding ortho intramolecular Hbond substituents is 1. The minimum Gasteiger partial charge on any atom is -0.506 e. The second kappa shape index (κ2) is 7.68. The van der Waals surface area contributed by atoms with Gasteiger partial charge in [-0.25, -0.2) is 0 Å². The predicted molar refractivity (Wildman–Crippen MR) is 91.4 cm³/mol. The van der Waals surface area contributed by atoms with Crippen LogP contribution in [0.15, 0.2) is 48.5 Å². The van der Waals surface area contributed by atoms with E-state index in [1.165, 1.54) is 0 Å². The zero-order chi connectivity index (χ0) is 16.8. The molecule has 0 aliphatic rings. The summed E-state index contributed by atoms with van der Waals surface area (Å²) in [6, 6.07) is 14.7. The number of benzene rings is 2. The highest BCUT2D eigenvalue weighted by Crippen LogP contribution is 2.31. The minimum atomic E-state index is -0.391. The molecule has 122 valence electrons. The Morgan fingerprint density at radius 1 is 1.17 bits per heavy atom. The molecule has 0 spiro atoms. The van der Waals surface area contributed by atoms with Crippen molar-refractivity contribution >= 4 is 11.7 Å². The number of aryl methyl sites for hydroxylation is 1. The van der Waals surface area contributed by atoms with Crippen LogP contribution in [0, 0.1) is 12.8 Å². The van der Waals surface area contributed by atoms with E-state index in [1.807, 2.05) is 44.2 Å². The van der Waals surface area contributed by atoms with E-state index in [2.05, 4.69) is 5.32 Å². The Hall–Kier alpha value is -2.49. The first-order valence-corrected chi connectivity index (χ1v) is 7.80. The predicted octanol–water partition coefficient (Wildman–Crippen LogP) is 4.05. The van der Waals surface area contributed by atoms with Gasteiger partial charge in [0.1, 0.15) is 5.75 Å². The number of rotatable bonds is 6. The van der Waals surface area contributed by atoms with Crippen molar-refractivity contribution in [2.75, 3.05) is 11.9 Å². The summed E-state index contributed by atoms with van der Waals surface area (Å²) in [4.78, 5) is 12.2. The molecule has 2 rings (SSSR count). The molecule has 4 nitrogen and oxygen atoms in total. The third kappa shape index (κ3) is 4.25. The molecule has 0 unspecified atom stereocenters. The highest BCUT2D eigenvalue weighted by Gasteiger charge is 2.27. The van der Waals surface area contributed by atoms with Crippen molar-refractivity contribution < 1.29 is 14.6 Å². The Bertz CT molecular complexity index is 652. The quantitative estimate of drug-likeness (QED) is 0.624. The molecule has 2 N–H and O–H groups in total. The van der Waals surface area contributed by atoms with Crippen molar-refractivity contribution in [3.05, 3.63) is 59.7 Å². The second-order valence-electron chi connectivity index (χ2n) is 5.59. The summed E-state index contributed by atoms with van der Waals surface area (Å²) in [7, 11) is 0. The molecular weight excluding hydrogens is 290 g/mol. The van der Waals surface area contributed by atoms with Crippen LogP contribution in [0.3, 0.4) is 0 Å². The molecule has 0 heterocycles.